The Hall–Kier alpha value is -1.26. The third kappa shape index (κ3) is 4.12. The Morgan fingerprint density at radius 1 is 1.45 bits per heavy atom. The minimum atomic E-state index is -0.0625. The van der Waals surface area contributed by atoms with Gasteiger partial charge in [0.1, 0.15) is 5.75 Å². The zero-order chi connectivity index (χ0) is 13.8. The van der Waals surface area contributed by atoms with Crippen molar-refractivity contribution in [2.45, 2.75) is 31.7 Å². The molecule has 0 aliphatic carbocycles. The van der Waals surface area contributed by atoms with Crippen LogP contribution in [0.3, 0.4) is 0 Å². The van der Waals surface area contributed by atoms with Crippen molar-refractivity contribution in [1.29, 1.82) is 0 Å². The number of halogens is 1. The number of ether oxygens (including phenoxy) is 1. The molecule has 1 aromatic carbocycles. The Kier molecular flexibility index (Phi) is 6.30. The first-order valence-corrected chi connectivity index (χ1v) is 6.77. The molecule has 20 heavy (non-hydrogen) atoms. The summed E-state index contributed by atoms with van der Waals surface area (Å²) in [6.45, 7) is 3.51. The summed E-state index contributed by atoms with van der Waals surface area (Å²) in [4.78, 5) is 13.9. The molecular weight excluding hydrogens is 276 g/mol. The number of carbonyl (C=O) groups is 1. The van der Waals surface area contributed by atoms with Crippen LogP contribution in [0.5, 0.6) is 5.75 Å². The van der Waals surface area contributed by atoms with E-state index in [2.05, 4.69) is 12.1 Å². The Morgan fingerprint density at radius 2 is 2.10 bits per heavy atom. The monoisotopic (exact) mass is 298 g/mol. The molecule has 1 aliphatic heterocycles. The van der Waals surface area contributed by atoms with Crippen molar-refractivity contribution in [3.63, 3.8) is 0 Å². The van der Waals surface area contributed by atoms with Gasteiger partial charge < -0.3 is 15.4 Å². The Bertz CT molecular complexity index is 434. The topological polar surface area (TPSA) is 55.6 Å². The lowest BCUT2D eigenvalue weighted by Gasteiger charge is -2.18. The van der Waals surface area contributed by atoms with Gasteiger partial charge in [-0.25, -0.2) is 0 Å². The summed E-state index contributed by atoms with van der Waals surface area (Å²) in [5.74, 6) is 1.47. The molecule has 1 aromatic rings. The summed E-state index contributed by atoms with van der Waals surface area (Å²) >= 11 is 0. The van der Waals surface area contributed by atoms with Crippen LogP contribution in [0.4, 0.5) is 0 Å². The molecule has 0 radical (unpaired) electrons. The molecule has 112 valence electrons. The van der Waals surface area contributed by atoms with Crippen LogP contribution in [-0.2, 0) is 4.79 Å². The first-order valence-electron chi connectivity index (χ1n) is 6.77. The second kappa shape index (κ2) is 7.50. The van der Waals surface area contributed by atoms with Gasteiger partial charge in [-0.15, -0.1) is 12.4 Å². The number of nitrogens with zero attached hydrogens (tertiary/aromatic N) is 1. The van der Waals surface area contributed by atoms with Crippen LogP contribution < -0.4 is 10.5 Å². The van der Waals surface area contributed by atoms with E-state index in [4.69, 9.17) is 10.5 Å². The van der Waals surface area contributed by atoms with E-state index in [0.29, 0.717) is 12.3 Å². The molecule has 2 N–H and O–H groups in total. The highest BCUT2D eigenvalue weighted by Gasteiger charge is 2.27. The lowest BCUT2D eigenvalue weighted by atomic mass is 9.98. The summed E-state index contributed by atoms with van der Waals surface area (Å²) < 4.78 is 5.16. The fourth-order valence-electron chi connectivity index (χ4n) is 2.54. The van der Waals surface area contributed by atoms with Gasteiger partial charge in [-0.3, -0.25) is 4.79 Å². The van der Waals surface area contributed by atoms with Crippen LogP contribution in [0.25, 0.3) is 0 Å². The number of methoxy groups -OCH3 is 1. The largest absolute Gasteiger partial charge is 0.497 e. The quantitative estimate of drug-likeness (QED) is 0.927. The lowest BCUT2D eigenvalue weighted by molar-refractivity contribution is -0.130. The van der Waals surface area contributed by atoms with E-state index < -0.39 is 0 Å². The number of benzene rings is 1. The maximum absolute atomic E-state index is 12.0. The van der Waals surface area contributed by atoms with Crippen molar-refractivity contribution in [2.75, 3.05) is 20.2 Å². The van der Waals surface area contributed by atoms with Crippen LogP contribution >= 0.6 is 12.4 Å². The molecule has 0 saturated carbocycles. The highest BCUT2D eigenvalue weighted by molar-refractivity contribution is 5.85. The van der Waals surface area contributed by atoms with Crippen LogP contribution in [0.1, 0.15) is 31.2 Å². The Labute approximate surface area is 126 Å². The SMILES string of the molecule is COc1ccc(C2CCN(C(=O)CC(C)N)C2)cc1.Cl. The maximum Gasteiger partial charge on any atom is 0.224 e. The minimum absolute atomic E-state index is 0. The fourth-order valence-corrected chi connectivity index (χ4v) is 2.54. The molecule has 1 aliphatic rings. The molecule has 1 saturated heterocycles. The number of amides is 1. The molecule has 4 nitrogen and oxygen atoms in total. The molecular formula is C15H23ClN2O2. The van der Waals surface area contributed by atoms with Gasteiger partial charge in [0.25, 0.3) is 0 Å². The molecule has 5 heteroatoms. The highest BCUT2D eigenvalue weighted by Crippen LogP contribution is 2.28. The summed E-state index contributed by atoms with van der Waals surface area (Å²) in [5, 5.41) is 0. The second-order valence-electron chi connectivity index (χ2n) is 5.28. The van der Waals surface area contributed by atoms with Crippen molar-refractivity contribution in [3.8, 4) is 5.75 Å². The van der Waals surface area contributed by atoms with Gasteiger partial charge in [0.2, 0.25) is 5.91 Å². The number of likely N-dealkylation sites (tertiary alicyclic amines) is 1. The smallest absolute Gasteiger partial charge is 0.224 e. The van der Waals surface area contributed by atoms with Crippen molar-refractivity contribution in [2.24, 2.45) is 5.73 Å². The fraction of sp³-hybridized carbons (Fsp3) is 0.533. The molecule has 2 rings (SSSR count). The van der Waals surface area contributed by atoms with Crippen molar-refractivity contribution < 1.29 is 9.53 Å². The number of hydrogen-bond donors (Lipinski definition) is 1. The van der Waals surface area contributed by atoms with Crippen molar-refractivity contribution in [3.05, 3.63) is 29.8 Å². The van der Waals surface area contributed by atoms with Gasteiger partial charge in [0.05, 0.1) is 7.11 Å². The standard InChI is InChI=1S/C15H22N2O2.ClH/c1-11(16)9-15(18)17-8-7-13(10-17)12-3-5-14(19-2)6-4-12;/h3-6,11,13H,7-10,16H2,1-2H3;1H. The van der Waals surface area contributed by atoms with E-state index in [-0.39, 0.29) is 24.4 Å². The average molecular weight is 299 g/mol. The summed E-state index contributed by atoms with van der Waals surface area (Å²) in [7, 11) is 1.67. The highest BCUT2D eigenvalue weighted by atomic mass is 35.5. The average Bonchev–Trinajstić information content (AvgIpc) is 2.88. The zero-order valence-electron chi connectivity index (χ0n) is 12.0. The van der Waals surface area contributed by atoms with E-state index >= 15 is 0 Å². The second-order valence-corrected chi connectivity index (χ2v) is 5.28. The number of nitrogens with two attached hydrogens (primary N) is 1. The Balaban J connectivity index is 0.00000200. The first-order chi connectivity index (χ1) is 9.10. The molecule has 0 spiro atoms. The van der Waals surface area contributed by atoms with Gasteiger partial charge in [-0.1, -0.05) is 12.1 Å². The van der Waals surface area contributed by atoms with Crippen LogP contribution in [0, 0.1) is 0 Å². The van der Waals surface area contributed by atoms with Gasteiger partial charge in [-0.2, -0.15) is 0 Å². The van der Waals surface area contributed by atoms with Crippen LogP contribution in [0.2, 0.25) is 0 Å². The predicted octanol–water partition coefficient (Wildman–Crippen LogP) is 2.17. The molecule has 0 aromatic heterocycles. The van der Waals surface area contributed by atoms with E-state index in [1.54, 1.807) is 7.11 Å². The Morgan fingerprint density at radius 3 is 2.65 bits per heavy atom. The first kappa shape index (κ1) is 16.8. The van der Waals surface area contributed by atoms with Crippen molar-refractivity contribution in [1.82, 2.24) is 4.90 Å². The van der Waals surface area contributed by atoms with Gasteiger partial charge in [0, 0.05) is 31.5 Å². The maximum atomic E-state index is 12.0. The van der Waals surface area contributed by atoms with E-state index in [0.717, 1.165) is 25.3 Å². The minimum Gasteiger partial charge on any atom is -0.497 e. The molecule has 1 fully saturated rings. The third-order valence-corrected chi connectivity index (χ3v) is 3.62. The molecule has 0 bridgehead atoms. The lowest BCUT2D eigenvalue weighted by Crippen LogP contribution is -2.33. The summed E-state index contributed by atoms with van der Waals surface area (Å²) in [6.07, 6.45) is 1.46. The van der Waals surface area contributed by atoms with Crippen molar-refractivity contribution >= 4 is 18.3 Å². The van der Waals surface area contributed by atoms with E-state index in [9.17, 15) is 4.79 Å². The van der Waals surface area contributed by atoms with Gasteiger partial charge >= 0.3 is 0 Å². The molecule has 2 atom stereocenters. The summed E-state index contributed by atoms with van der Waals surface area (Å²) in [5.41, 5.74) is 6.95. The molecule has 2 unspecified atom stereocenters. The van der Waals surface area contributed by atoms with E-state index in [1.165, 1.54) is 5.56 Å². The number of carbonyl (C=O) groups excluding carboxylic acids is 1. The zero-order valence-corrected chi connectivity index (χ0v) is 12.9. The number of hydrogen-bond acceptors (Lipinski definition) is 3. The van der Waals surface area contributed by atoms with Crippen LogP contribution in [-0.4, -0.2) is 37.0 Å². The van der Waals surface area contributed by atoms with Gasteiger partial charge in [-0.05, 0) is 31.0 Å². The molecule has 1 heterocycles. The predicted molar refractivity (Wildman–Crippen MR) is 82.4 cm³/mol. The number of rotatable bonds is 4. The summed E-state index contributed by atoms with van der Waals surface area (Å²) in [6, 6.07) is 8.06. The van der Waals surface area contributed by atoms with Gasteiger partial charge in [0.15, 0.2) is 0 Å². The normalized spacial score (nSPS) is 19.4. The molecule has 1 amide bonds. The van der Waals surface area contributed by atoms with E-state index in [1.807, 2.05) is 24.0 Å². The third-order valence-electron chi connectivity index (χ3n) is 3.62. The van der Waals surface area contributed by atoms with Crippen LogP contribution in [0.15, 0.2) is 24.3 Å².